The van der Waals surface area contributed by atoms with Crippen molar-refractivity contribution in [2.75, 3.05) is 11.9 Å². The second-order valence-electron chi connectivity index (χ2n) is 6.13. The Kier molecular flexibility index (Phi) is 4.14. The Labute approximate surface area is 120 Å². The fraction of sp³-hybridized carbons (Fsp3) is 0.529. The first-order valence-electron chi connectivity index (χ1n) is 7.77. The Morgan fingerprint density at radius 2 is 2.15 bits per heavy atom. The molecule has 0 aliphatic heterocycles. The molecule has 1 fully saturated rings. The summed E-state index contributed by atoms with van der Waals surface area (Å²) in [6.07, 6.45) is 8.74. The van der Waals surface area contributed by atoms with Crippen molar-refractivity contribution < 1.29 is 0 Å². The molecule has 106 valence electrons. The van der Waals surface area contributed by atoms with Gasteiger partial charge in [-0.25, -0.2) is 0 Å². The number of anilines is 1. The highest BCUT2D eigenvalue weighted by atomic mass is 15.1. The van der Waals surface area contributed by atoms with Gasteiger partial charge in [-0.3, -0.25) is 0 Å². The maximum absolute atomic E-state index is 4.16. The number of aromatic nitrogens is 2. The minimum Gasteiger partial charge on any atom is -0.383 e. The summed E-state index contributed by atoms with van der Waals surface area (Å²) >= 11 is 0. The smallest absolute Gasteiger partial charge is 0.0950 e. The van der Waals surface area contributed by atoms with Gasteiger partial charge in [-0.2, -0.15) is 10.2 Å². The summed E-state index contributed by atoms with van der Waals surface area (Å²) in [6.45, 7) is 3.42. The van der Waals surface area contributed by atoms with Crippen molar-refractivity contribution in [1.82, 2.24) is 10.2 Å². The average molecular weight is 269 g/mol. The van der Waals surface area contributed by atoms with E-state index in [1.54, 1.807) is 0 Å². The SMILES string of the molecule is CC1CCCC(CCNc2cnnc3ccccc23)C1. The molecule has 1 aromatic carbocycles. The van der Waals surface area contributed by atoms with Crippen molar-refractivity contribution in [2.24, 2.45) is 11.8 Å². The monoisotopic (exact) mass is 269 g/mol. The Morgan fingerprint density at radius 3 is 3.05 bits per heavy atom. The van der Waals surface area contributed by atoms with Crippen LogP contribution in [-0.4, -0.2) is 16.7 Å². The first kappa shape index (κ1) is 13.3. The van der Waals surface area contributed by atoms with Crippen LogP contribution < -0.4 is 5.32 Å². The molecule has 0 spiro atoms. The largest absolute Gasteiger partial charge is 0.383 e. The lowest BCUT2D eigenvalue weighted by Crippen LogP contribution is -2.16. The van der Waals surface area contributed by atoms with Crippen LogP contribution in [-0.2, 0) is 0 Å². The summed E-state index contributed by atoms with van der Waals surface area (Å²) in [7, 11) is 0. The molecule has 1 aromatic heterocycles. The van der Waals surface area contributed by atoms with Crippen LogP contribution in [0.5, 0.6) is 0 Å². The fourth-order valence-corrected chi connectivity index (χ4v) is 3.38. The average Bonchev–Trinajstić information content (AvgIpc) is 2.48. The molecule has 1 aliphatic carbocycles. The molecule has 2 unspecified atom stereocenters. The highest BCUT2D eigenvalue weighted by Gasteiger charge is 2.18. The normalized spacial score (nSPS) is 22.9. The number of hydrogen-bond acceptors (Lipinski definition) is 3. The second-order valence-corrected chi connectivity index (χ2v) is 6.13. The third-order valence-corrected chi connectivity index (χ3v) is 4.46. The van der Waals surface area contributed by atoms with E-state index in [9.17, 15) is 0 Å². The molecule has 3 nitrogen and oxygen atoms in total. The van der Waals surface area contributed by atoms with Crippen LogP contribution in [0.1, 0.15) is 39.0 Å². The predicted octanol–water partition coefficient (Wildman–Crippen LogP) is 4.26. The molecule has 1 N–H and O–H groups in total. The van der Waals surface area contributed by atoms with E-state index < -0.39 is 0 Å². The third kappa shape index (κ3) is 3.09. The second kappa shape index (κ2) is 6.21. The van der Waals surface area contributed by atoms with Gasteiger partial charge in [0.2, 0.25) is 0 Å². The van der Waals surface area contributed by atoms with E-state index in [-0.39, 0.29) is 0 Å². The van der Waals surface area contributed by atoms with Crippen LogP contribution >= 0.6 is 0 Å². The van der Waals surface area contributed by atoms with Gasteiger partial charge < -0.3 is 5.32 Å². The van der Waals surface area contributed by atoms with Crippen LogP contribution in [0.15, 0.2) is 30.5 Å². The number of nitrogens with zero attached hydrogens (tertiary/aromatic N) is 2. The number of hydrogen-bond donors (Lipinski definition) is 1. The number of nitrogens with one attached hydrogen (secondary N) is 1. The minimum atomic E-state index is 0.896. The fourth-order valence-electron chi connectivity index (χ4n) is 3.38. The molecule has 2 atom stereocenters. The zero-order chi connectivity index (χ0) is 13.8. The lowest BCUT2D eigenvalue weighted by atomic mass is 9.81. The molecular formula is C17H23N3. The quantitative estimate of drug-likeness (QED) is 0.901. The van der Waals surface area contributed by atoms with Crippen LogP contribution in [0.2, 0.25) is 0 Å². The van der Waals surface area contributed by atoms with Crippen molar-refractivity contribution in [3.05, 3.63) is 30.5 Å². The van der Waals surface area contributed by atoms with Crippen LogP contribution in [0.4, 0.5) is 5.69 Å². The molecule has 1 aliphatic rings. The van der Waals surface area contributed by atoms with Gasteiger partial charge in [-0.05, 0) is 30.7 Å². The van der Waals surface area contributed by atoms with E-state index in [1.807, 2.05) is 18.3 Å². The lowest BCUT2D eigenvalue weighted by Gasteiger charge is -2.26. The van der Waals surface area contributed by atoms with Crippen LogP contribution in [0.3, 0.4) is 0 Å². The van der Waals surface area contributed by atoms with E-state index in [4.69, 9.17) is 0 Å². The highest BCUT2D eigenvalue weighted by molar-refractivity contribution is 5.90. The number of fused-ring (bicyclic) bond motifs is 1. The highest BCUT2D eigenvalue weighted by Crippen LogP contribution is 2.30. The van der Waals surface area contributed by atoms with Gasteiger partial charge >= 0.3 is 0 Å². The molecule has 1 heterocycles. The molecule has 0 amide bonds. The first-order valence-corrected chi connectivity index (χ1v) is 7.77. The topological polar surface area (TPSA) is 37.8 Å². The minimum absolute atomic E-state index is 0.896. The van der Waals surface area contributed by atoms with E-state index >= 15 is 0 Å². The van der Waals surface area contributed by atoms with Crippen molar-refractivity contribution in [3.8, 4) is 0 Å². The standard InChI is InChI=1S/C17H23N3/c1-13-5-4-6-14(11-13)9-10-18-17-12-19-20-16-8-3-2-7-15(16)17/h2-3,7-8,12-14H,4-6,9-11H2,1H3,(H,18,20). The molecule has 0 bridgehead atoms. The summed E-state index contributed by atoms with van der Waals surface area (Å²) in [5, 5.41) is 13.0. The van der Waals surface area contributed by atoms with Gasteiger partial charge in [0, 0.05) is 11.9 Å². The Morgan fingerprint density at radius 1 is 1.25 bits per heavy atom. The molecule has 0 radical (unpaired) electrons. The first-order chi connectivity index (χ1) is 9.83. The van der Waals surface area contributed by atoms with Gasteiger partial charge in [0.1, 0.15) is 0 Å². The summed E-state index contributed by atoms with van der Waals surface area (Å²) in [4.78, 5) is 0. The van der Waals surface area contributed by atoms with Crippen LogP contribution in [0.25, 0.3) is 10.9 Å². The molecule has 1 saturated carbocycles. The van der Waals surface area contributed by atoms with E-state index in [0.717, 1.165) is 29.6 Å². The number of benzene rings is 1. The van der Waals surface area contributed by atoms with Gasteiger partial charge in [-0.15, -0.1) is 0 Å². The van der Waals surface area contributed by atoms with Crippen molar-refractivity contribution in [1.29, 1.82) is 0 Å². The van der Waals surface area contributed by atoms with Gasteiger partial charge in [0.15, 0.2) is 0 Å². The Hall–Kier alpha value is -1.64. The van der Waals surface area contributed by atoms with Gasteiger partial charge in [0.25, 0.3) is 0 Å². The van der Waals surface area contributed by atoms with Gasteiger partial charge in [0.05, 0.1) is 17.4 Å². The summed E-state index contributed by atoms with van der Waals surface area (Å²) in [5.74, 6) is 1.81. The molecule has 3 heteroatoms. The van der Waals surface area contributed by atoms with E-state index in [0.29, 0.717) is 0 Å². The van der Waals surface area contributed by atoms with Crippen LogP contribution in [0, 0.1) is 11.8 Å². The van der Waals surface area contributed by atoms with E-state index in [2.05, 4.69) is 34.6 Å². The summed E-state index contributed by atoms with van der Waals surface area (Å²) < 4.78 is 0. The van der Waals surface area contributed by atoms with Gasteiger partial charge in [-0.1, -0.05) is 44.4 Å². The van der Waals surface area contributed by atoms with Crippen molar-refractivity contribution >= 4 is 16.6 Å². The maximum Gasteiger partial charge on any atom is 0.0950 e. The molecule has 0 saturated heterocycles. The van der Waals surface area contributed by atoms with Crippen molar-refractivity contribution in [2.45, 2.75) is 39.0 Å². The summed E-state index contributed by atoms with van der Waals surface area (Å²) in [5.41, 5.74) is 2.07. The Balaban J connectivity index is 1.60. The van der Waals surface area contributed by atoms with Crippen molar-refractivity contribution in [3.63, 3.8) is 0 Å². The molecule has 20 heavy (non-hydrogen) atoms. The third-order valence-electron chi connectivity index (χ3n) is 4.46. The Bertz CT molecular complexity index is 562. The predicted molar refractivity (Wildman–Crippen MR) is 83.8 cm³/mol. The summed E-state index contributed by atoms with van der Waals surface area (Å²) in [6, 6.07) is 8.17. The molecular weight excluding hydrogens is 246 g/mol. The maximum atomic E-state index is 4.16. The van der Waals surface area contributed by atoms with E-state index in [1.165, 1.54) is 37.5 Å². The molecule has 2 aromatic rings. The molecule has 3 rings (SSSR count). The zero-order valence-corrected chi connectivity index (χ0v) is 12.2. The number of rotatable bonds is 4. The lowest BCUT2D eigenvalue weighted by molar-refractivity contribution is 0.274. The zero-order valence-electron chi connectivity index (χ0n) is 12.2.